The van der Waals surface area contributed by atoms with Gasteiger partial charge in [-0.15, -0.1) is 0 Å². The fourth-order valence-electron chi connectivity index (χ4n) is 3.78. The number of unbranched alkanes of at least 4 members (excludes halogenated alkanes) is 1. The van der Waals surface area contributed by atoms with E-state index in [4.69, 9.17) is 9.47 Å². The van der Waals surface area contributed by atoms with Crippen molar-refractivity contribution in [3.8, 4) is 5.75 Å². The number of anilines is 1. The van der Waals surface area contributed by atoms with E-state index < -0.39 is 5.60 Å². The number of nitrogens with zero attached hydrogens (tertiary/aromatic N) is 1. The van der Waals surface area contributed by atoms with Crippen molar-refractivity contribution in [3.63, 3.8) is 0 Å². The zero-order valence-corrected chi connectivity index (χ0v) is 18.7. The van der Waals surface area contributed by atoms with Gasteiger partial charge in [0.25, 0.3) is 5.91 Å². The molecule has 160 valence electrons. The maximum absolute atomic E-state index is 13.4. The van der Waals surface area contributed by atoms with Gasteiger partial charge in [0.1, 0.15) is 16.9 Å². The van der Waals surface area contributed by atoms with Gasteiger partial charge in [-0.05, 0) is 55.4 Å². The Bertz CT molecular complexity index is 792. The Labute approximate surface area is 175 Å². The maximum atomic E-state index is 13.4. The van der Waals surface area contributed by atoms with Crippen LogP contribution < -0.4 is 10.1 Å². The lowest BCUT2D eigenvalue weighted by atomic mass is 9.84. The minimum absolute atomic E-state index is 0.104. The van der Waals surface area contributed by atoms with Crippen molar-refractivity contribution in [2.24, 2.45) is 11.8 Å². The lowest BCUT2D eigenvalue weighted by Crippen LogP contribution is -2.47. The molecule has 0 saturated heterocycles. The summed E-state index contributed by atoms with van der Waals surface area (Å²) in [6.45, 7) is 11.2. The lowest BCUT2D eigenvalue weighted by molar-refractivity contribution is -0.142. The lowest BCUT2D eigenvalue weighted by Gasteiger charge is -2.34. The number of rotatable bonds is 11. The largest absolute Gasteiger partial charge is 0.491 e. The van der Waals surface area contributed by atoms with Gasteiger partial charge in [-0.1, -0.05) is 41.0 Å². The fourth-order valence-corrected chi connectivity index (χ4v) is 3.78. The van der Waals surface area contributed by atoms with E-state index in [1.165, 1.54) is 0 Å². The monoisotopic (exact) mass is 400 g/mol. The Balaban J connectivity index is 2.36. The van der Waals surface area contributed by atoms with Crippen LogP contribution in [0.25, 0.3) is 10.9 Å². The Morgan fingerprint density at radius 3 is 2.41 bits per heavy atom. The number of carbonyl (C=O) groups excluding carboxylic acids is 1. The molecule has 0 unspecified atom stereocenters. The van der Waals surface area contributed by atoms with Crippen LogP contribution in [0.1, 0.15) is 60.3 Å². The van der Waals surface area contributed by atoms with Gasteiger partial charge < -0.3 is 14.8 Å². The molecule has 0 fully saturated rings. The molecule has 1 aromatic carbocycles. The third kappa shape index (κ3) is 5.92. The number of carbonyl (C=O) groups is 1. The molecule has 1 heterocycles. The van der Waals surface area contributed by atoms with E-state index in [-0.39, 0.29) is 5.91 Å². The van der Waals surface area contributed by atoms with Crippen LogP contribution in [0.4, 0.5) is 5.69 Å². The van der Waals surface area contributed by atoms with Gasteiger partial charge in [-0.25, -0.2) is 0 Å². The van der Waals surface area contributed by atoms with Crippen LogP contribution in [-0.2, 0) is 9.53 Å². The second-order valence-electron chi connectivity index (χ2n) is 8.56. The molecule has 5 heteroatoms. The van der Waals surface area contributed by atoms with Crippen molar-refractivity contribution in [1.29, 1.82) is 0 Å². The normalized spacial score (nSPS) is 12.0. The first-order valence-corrected chi connectivity index (χ1v) is 10.7. The predicted octanol–water partition coefficient (Wildman–Crippen LogP) is 5.83. The summed E-state index contributed by atoms with van der Waals surface area (Å²) in [5.74, 6) is 1.32. The summed E-state index contributed by atoms with van der Waals surface area (Å²) in [5.41, 5.74) is 0.639. The average molecular weight is 401 g/mol. The highest BCUT2D eigenvalue weighted by atomic mass is 16.5. The third-order valence-corrected chi connectivity index (χ3v) is 5.02. The molecule has 0 aliphatic heterocycles. The highest BCUT2D eigenvalue weighted by Gasteiger charge is 2.40. The smallest absolute Gasteiger partial charge is 0.256 e. The number of fused-ring (bicyclic) bond motifs is 1. The van der Waals surface area contributed by atoms with Gasteiger partial charge in [0, 0.05) is 18.7 Å². The number of nitrogens with one attached hydrogen (secondary N) is 1. The maximum Gasteiger partial charge on any atom is 0.256 e. The highest BCUT2D eigenvalue weighted by Crippen LogP contribution is 2.33. The van der Waals surface area contributed by atoms with Gasteiger partial charge in [0.2, 0.25) is 0 Å². The first-order chi connectivity index (χ1) is 13.8. The van der Waals surface area contributed by atoms with E-state index in [2.05, 4.69) is 44.9 Å². The van der Waals surface area contributed by atoms with Crippen LogP contribution in [0.5, 0.6) is 5.75 Å². The molecule has 0 spiro atoms. The summed E-state index contributed by atoms with van der Waals surface area (Å²) in [6.07, 6.45) is 5.15. The van der Waals surface area contributed by atoms with Crippen molar-refractivity contribution in [2.45, 2.75) is 65.9 Å². The molecule has 0 bridgehead atoms. The molecule has 1 N–H and O–H groups in total. The highest BCUT2D eigenvalue weighted by molar-refractivity contribution is 6.05. The van der Waals surface area contributed by atoms with E-state index in [1.54, 1.807) is 13.3 Å². The van der Waals surface area contributed by atoms with Crippen LogP contribution in [0.2, 0.25) is 0 Å². The SMILES string of the molecule is CCCCOc1ccc(NC(=O)C(CC(C)C)(CC(C)C)OC)c2cccnc12. The number of benzene rings is 1. The van der Waals surface area contributed by atoms with Crippen LogP contribution in [-0.4, -0.2) is 30.2 Å². The Morgan fingerprint density at radius 1 is 1.14 bits per heavy atom. The summed E-state index contributed by atoms with van der Waals surface area (Å²) in [4.78, 5) is 17.9. The van der Waals surface area contributed by atoms with Crippen LogP contribution in [0, 0.1) is 11.8 Å². The van der Waals surface area contributed by atoms with Crippen molar-refractivity contribution in [3.05, 3.63) is 30.5 Å². The summed E-state index contributed by atoms with van der Waals surface area (Å²) >= 11 is 0. The van der Waals surface area contributed by atoms with Crippen LogP contribution in [0.3, 0.4) is 0 Å². The molecule has 0 aliphatic carbocycles. The Hall–Kier alpha value is -2.14. The van der Waals surface area contributed by atoms with Crippen molar-refractivity contribution in [1.82, 2.24) is 4.98 Å². The fraction of sp³-hybridized carbons (Fsp3) is 0.583. The molecular weight excluding hydrogens is 364 g/mol. The van der Waals surface area contributed by atoms with Crippen molar-refractivity contribution in [2.75, 3.05) is 19.0 Å². The predicted molar refractivity (Wildman–Crippen MR) is 119 cm³/mol. The quantitative estimate of drug-likeness (QED) is 0.482. The first-order valence-electron chi connectivity index (χ1n) is 10.7. The molecule has 5 nitrogen and oxygen atoms in total. The molecule has 0 saturated carbocycles. The molecule has 0 radical (unpaired) electrons. The molecular formula is C24H36N2O3. The summed E-state index contributed by atoms with van der Waals surface area (Å²) in [7, 11) is 1.63. The van der Waals surface area contributed by atoms with Crippen molar-refractivity contribution < 1.29 is 14.3 Å². The van der Waals surface area contributed by atoms with Crippen LogP contribution >= 0.6 is 0 Å². The van der Waals surface area contributed by atoms with Crippen molar-refractivity contribution >= 4 is 22.5 Å². The molecule has 0 atom stereocenters. The summed E-state index contributed by atoms with van der Waals surface area (Å²) in [5, 5.41) is 3.99. The van der Waals surface area contributed by atoms with E-state index in [0.29, 0.717) is 31.3 Å². The topological polar surface area (TPSA) is 60.5 Å². The number of pyridine rings is 1. The Kier molecular flexibility index (Phi) is 8.45. The second-order valence-corrected chi connectivity index (χ2v) is 8.56. The molecule has 29 heavy (non-hydrogen) atoms. The van der Waals surface area contributed by atoms with E-state index in [0.717, 1.165) is 35.2 Å². The van der Waals surface area contributed by atoms with Gasteiger partial charge in [-0.2, -0.15) is 0 Å². The number of ether oxygens (including phenoxy) is 2. The zero-order chi connectivity index (χ0) is 21.4. The minimum Gasteiger partial charge on any atom is -0.491 e. The number of hydrogen-bond donors (Lipinski definition) is 1. The number of methoxy groups -OCH3 is 1. The number of amides is 1. The standard InChI is InChI=1S/C24H36N2O3/c1-7-8-14-29-21-12-11-20(19-10-9-13-25-22(19)21)26-23(27)24(28-6,15-17(2)3)16-18(4)5/h9-13,17-18H,7-8,14-16H2,1-6H3,(H,26,27). The van der Waals surface area contributed by atoms with Gasteiger partial charge >= 0.3 is 0 Å². The number of aromatic nitrogens is 1. The molecule has 1 aromatic heterocycles. The average Bonchev–Trinajstić information content (AvgIpc) is 2.68. The van der Waals surface area contributed by atoms with Crippen LogP contribution in [0.15, 0.2) is 30.5 Å². The first kappa shape index (κ1) is 23.1. The minimum atomic E-state index is -0.854. The van der Waals surface area contributed by atoms with E-state index in [1.807, 2.05) is 24.3 Å². The molecule has 0 aliphatic rings. The number of hydrogen-bond acceptors (Lipinski definition) is 4. The summed E-state index contributed by atoms with van der Waals surface area (Å²) in [6, 6.07) is 7.62. The zero-order valence-electron chi connectivity index (χ0n) is 18.7. The van der Waals surface area contributed by atoms with Gasteiger partial charge in [0.05, 0.1) is 12.3 Å². The second kappa shape index (κ2) is 10.6. The van der Waals surface area contributed by atoms with Gasteiger partial charge in [-0.3, -0.25) is 9.78 Å². The van der Waals surface area contributed by atoms with E-state index >= 15 is 0 Å². The summed E-state index contributed by atoms with van der Waals surface area (Å²) < 4.78 is 11.8. The Morgan fingerprint density at radius 2 is 1.83 bits per heavy atom. The third-order valence-electron chi connectivity index (χ3n) is 5.02. The van der Waals surface area contributed by atoms with E-state index in [9.17, 15) is 4.79 Å². The van der Waals surface area contributed by atoms with Gasteiger partial charge in [0.15, 0.2) is 0 Å². The molecule has 1 amide bonds. The molecule has 2 aromatic rings. The molecule has 2 rings (SSSR count).